The third kappa shape index (κ3) is 2.06. The van der Waals surface area contributed by atoms with Crippen LogP contribution >= 0.6 is 0 Å². The molecule has 0 aromatic heterocycles. The molecular formula is C26H32O5. The van der Waals surface area contributed by atoms with E-state index in [0.717, 1.165) is 24.8 Å². The zero-order valence-electron chi connectivity index (χ0n) is 18.8. The maximum Gasteiger partial charge on any atom is 0.334 e. The Morgan fingerprint density at radius 1 is 1.10 bits per heavy atom. The Morgan fingerprint density at radius 3 is 2.58 bits per heavy atom. The highest BCUT2D eigenvalue weighted by molar-refractivity contribution is 5.97. The zero-order valence-corrected chi connectivity index (χ0v) is 18.8. The molecule has 4 aliphatic carbocycles. The second-order valence-electron chi connectivity index (χ2n) is 11.6. The first-order valence-corrected chi connectivity index (χ1v) is 11.7. The normalized spacial score (nSPS) is 54.7. The van der Waals surface area contributed by atoms with Crippen molar-refractivity contribution in [1.29, 1.82) is 0 Å². The summed E-state index contributed by atoms with van der Waals surface area (Å²) in [5.41, 5.74) is 0.429. The van der Waals surface area contributed by atoms with Gasteiger partial charge in [0.2, 0.25) is 0 Å². The summed E-state index contributed by atoms with van der Waals surface area (Å²) in [4.78, 5) is 25.9. The van der Waals surface area contributed by atoms with Gasteiger partial charge in [0.15, 0.2) is 5.78 Å². The minimum atomic E-state index is -0.675. The van der Waals surface area contributed by atoms with Gasteiger partial charge in [-0.2, -0.15) is 0 Å². The van der Waals surface area contributed by atoms with Gasteiger partial charge in [0.25, 0.3) is 0 Å². The molecular weight excluding hydrogens is 392 g/mol. The Balaban J connectivity index is 1.49. The van der Waals surface area contributed by atoms with E-state index in [2.05, 4.69) is 33.8 Å². The number of cyclic esters (lactones) is 1. The van der Waals surface area contributed by atoms with Crippen LogP contribution in [0.3, 0.4) is 0 Å². The van der Waals surface area contributed by atoms with Crippen LogP contribution in [0.5, 0.6) is 0 Å². The number of aliphatic hydroxyl groups excluding tert-OH is 1. The van der Waals surface area contributed by atoms with Crippen molar-refractivity contribution in [1.82, 2.24) is 0 Å². The molecule has 1 saturated heterocycles. The van der Waals surface area contributed by atoms with Crippen molar-refractivity contribution in [2.75, 3.05) is 13.2 Å². The maximum absolute atomic E-state index is 13.5. The summed E-state index contributed by atoms with van der Waals surface area (Å²) >= 11 is 0. The van der Waals surface area contributed by atoms with Crippen LogP contribution in [0.15, 0.2) is 35.5 Å². The van der Waals surface area contributed by atoms with E-state index in [1.54, 1.807) is 6.08 Å². The smallest absolute Gasteiger partial charge is 0.334 e. The molecule has 6 aliphatic rings. The van der Waals surface area contributed by atoms with Crippen molar-refractivity contribution < 1.29 is 24.2 Å². The van der Waals surface area contributed by atoms with Crippen LogP contribution in [0.1, 0.15) is 47.0 Å². The van der Waals surface area contributed by atoms with Gasteiger partial charge in [-0.1, -0.05) is 45.4 Å². The predicted octanol–water partition coefficient (Wildman–Crippen LogP) is 3.38. The molecule has 6 rings (SSSR count). The number of ketones is 1. The first-order valence-electron chi connectivity index (χ1n) is 11.7. The molecule has 2 heterocycles. The van der Waals surface area contributed by atoms with Gasteiger partial charge in [-0.15, -0.1) is 0 Å². The number of esters is 1. The minimum absolute atomic E-state index is 0.0137. The number of hydrogen-bond donors (Lipinski definition) is 1. The number of aliphatic hydroxyl groups is 1. The highest BCUT2D eigenvalue weighted by Gasteiger charge is 2.74. The van der Waals surface area contributed by atoms with Crippen LogP contribution in [-0.4, -0.2) is 42.3 Å². The van der Waals surface area contributed by atoms with E-state index in [1.165, 1.54) is 5.57 Å². The van der Waals surface area contributed by atoms with Crippen molar-refractivity contribution in [3.05, 3.63) is 35.5 Å². The van der Waals surface area contributed by atoms with Crippen LogP contribution in [0, 0.1) is 39.4 Å². The van der Waals surface area contributed by atoms with Crippen LogP contribution in [-0.2, 0) is 19.1 Å². The standard InChI is InChI=1S/C26H32O5/c1-23-10-8-18(27)26(4)17-7-11-24(2)15(14-9-12-30-22(14)29)5-6-16(24)25(17,3)21(28)19(20(23)26)31-13-23/h6,8-10,15,17,19-21,28H,5,7,11-13H2,1-4H3/t15-,17-,19+,20-,21+,23-,24-,25-,26-/m0/s1. The molecule has 0 unspecified atom stereocenters. The Bertz CT molecular complexity index is 992. The summed E-state index contributed by atoms with van der Waals surface area (Å²) in [5.74, 6) is 0.0727. The van der Waals surface area contributed by atoms with Crippen molar-refractivity contribution in [2.24, 2.45) is 39.4 Å². The molecule has 2 saturated carbocycles. The summed E-state index contributed by atoms with van der Waals surface area (Å²) in [7, 11) is 0. The van der Waals surface area contributed by atoms with Gasteiger partial charge in [0, 0.05) is 33.7 Å². The fourth-order valence-electron chi connectivity index (χ4n) is 9.03. The predicted molar refractivity (Wildman–Crippen MR) is 114 cm³/mol. The number of carbonyl (C=O) groups excluding carboxylic acids is 2. The average Bonchev–Trinajstić information content (AvgIpc) is 3.39. The average molecular weight is 425 g/mol. The van der Waals surface area contributed by atoms with E-state index in [0.29, 0.717) is 13.2 Å². The lowest BCUT2D eigenvalue weighted by Gasteiger charge is -2.65. The maximum atomic E-state index is 13.5. The third-order valence-electron chi connectivity index (χ3n) is 10.4. The third-order valence-corrected chi connectivity index (χ3v) is 10.4. The minimum Gasteiger partial charge on any atom is -0.458 e. The Labute approximate surface area is 183 Å². The number of ether oxygens (including phenoxy) is 2. The van der Waals surface area contributed by atoms with Crippen LogP contribution in [0.4, 0.5) is 0 Å². The first kappa shape index (κ1) is 19.9. The largest absolute Gasteiger partial charge is 0.458 e. The highest BCUT2D eigenvalue weighted by atomic mass is 16.5. The van der Waals surface area contributed by atoms with Crippen LogP contribution in [0.2, 0.25) is 0 Å². The van der Waals surface area contributed by atoms with E-state index in [-0.39, 0.29) is 46.4 Å². The lowest BCUT2D eigenvalue weighted by atomic mass is 9.38. The fourth-order valence-corrected chi connectivity index (χ4v) is 9.03. The summed E-state index contributed by atoms with van der Waals surface area (Å²) in [6, 6.07) is 0. The summed E-state index contributed by atoms with van der Waals surface area (Å²) < 4.78 is 11.5. The lowest BCUT2D eigenvalue weighted by Crippen LogP contribution is -2.69. The lowest BCUT2D eigenvalue weighted by molar-refractivity contribution is -0.199. The van der Waals surface area contributed by atoms with E-state index < -0.39 is 16.9 Å². The van der Waals surface area contributed by atoms with Gasteiger partial charge in [0.1, 0.15) is 6.61 Å². The highest BCUT2D eigenvalue weighted by Crippen LogP contribution is 2.73. The summed E-state index contributed by atoms with van der Waals surface area (Å²) in [5, 5.41) is 11.9. The van der Waals surface area contributed by atoms with Gasteiger partial charge >= 0.3 is 5.97 Å². The Kier molecular flexibility index (Phi) is 3.72. The molecule has 5 nitrogen and oxygen atoms in total. The number of carbonyl (C=O) groups is 2. The van der Waals surface area contributed by atoms with Gasteiger partial charge < -0.3 is 14.6 Å². The molecule has 0 bridgehead atoms. The Hall–Kier alpha value is -1.72. The molecule has 0 amide bonds. The van der Waals surface area contributed by atoms with E-state index in [9.17, 15) is 14.7 Å². The van der Waals surface area contributed by atoms with Gasteiger partial charge in [-0.3, -0.25) is 4.79 Å². The second kappa shape index (κ2) is 5.79. The molecule has 1 N–H and O–H groups in total. The van der Waals surface area contributed by atoms with Crippen LogP contribution in [0.25, 0.3) is 0 Å². The van der Waals surface area contributed by atoms with Crippen molar-refractivity contribution >= 4 is 11.8 Å². The molecule has 5 heteroatoms. The van der Waals surface area contributed by atoms with E-state index >= 15 is 0 Å². The first-order chi connectivity index (χ1) is 14.6. The molecule has 0 radical (unpaired) electrons. The monoisotopic (exact) mass is 424 g/mol. The van der Waals surface area contributed by atoms with Crippen molar-refractivity contribution in [3.63, 3.8) is 0 Å². The topological polar surface area (TPSA) is 72.8 Å². The molecule has 0 aromatic rings. The number of hydrogen-bond acceptors (Lipinski definition) is 5. The quantitative estimate of drug-likeness (QED) is 0.516. The number of fused-ring (bicyclic) bond motifs is 4. The Morgan fingerprint density at radius 2 is 1.87 bits per heavy atom. The van der Waals surface area contributed by atoms with Gasteiger partial charge in [-0.25, -0.2) is 4.79 Å². The van der Waals surface area contributed by atoms with E-state index in [4.69, 9.17) is 9.47 Å². The fraction of sp³-hybridized carbons (Fsp3) is 0.692. The molecule has 0 aromatic carbocycles. The summed E-state index contributed by atoms with van der Waals surface area (Å²) in [6.07, 6.45) is 9.49. The molecule has 9 atom stereocenters. The van der Waals surface area contributed by atoms with Gasteiger partial charge in [0.05, 0.1) is 18.8 Å². The molecule has 166 valence electrons. The number of allylic oxidation sites excluding steroid dienone is 2. The van der Waals surface area contributed by atoms with Crippen LogP contribution < -0.4 is 0 Å². The van der Waals surface area contributed by atoms with E-state index in [1.807, 2.05) is 12.2 Å². The van der Waals surface area contributed by atoms with Crippen molar-refractivity contribution in [3.8, 4) is 0 Å². The molecule has 31 heavy (non-hydrogen) atoms. The van der Waals surface area contributed by atoms with Crippen molar-refractivity contribution in [2.45, 2.75) is 59.2 Å². The second-order valence-corrected chi connectivity index (χ2v) is 11.6. The molecule has 2 aliphatic heterocycles. The molecule has 0 spiro atoms. The molecule has 3 fully saturated rings. The van der Waals surface area contributed by atoms with Gasteiger partial charge in [-0.05, 0) is 42.7 Å². The number of rotatable bonds is 1. The SMILES string of the molecule is C[C@]12C3=CC[C@@H](C4=CCOC4=O)[C@]3(C)CC[C@@H]1[C@@]1(C)C(=O)C=C[C@@]3(C)CO[C@@H]([C@H]2O)[C@H]13. The summed E-state index contributed by atoms with van der Waals surface area (Å²) in [6.45, 7) is 9.59. The zero-order chi connectivity index (χ0) is 22.0.